The molecule has 0 aromatic heterocycles. The maximum absolute atomic E-state index is 12.6. The Morgan fingerprint density at radius 2 is 1.90 bits per heavy atom. The molecular weight excluding hydrogens is 263 g/mol. The van der Waals surface area contributed by atoms with Crippen molar-refractivity contribution in [2.75, 3.05) is 6.54 Å². The van der Waals surface area contributed by atoms with Crippen molar-refractivity contribution in [2.24, 2.45) is 0 Å². The fraction of sp³-hybridized carbons (Fsp3) is 0.625. The SMILES string of the molecule is CCCNC(CC)CCc1ccc(C(F)(F)F)cc1C. The smallest absolute Gasteiger partial charge is 0.314 e. The predicted molar refractivity (Wildman–Crippen MR) is 76.9 cm³/mol. The van der Waals surface area contributed by atoms with Crippen LogP contribution in [0.1, 0.15) is 49.8 Å². The van der Waals surface area contributed by atoms with Crippen molar-refractivity contribution in [3.8, 4) is 0 Å². The first kappa shape index (κ1) is 17.0. The van der Waals surface area contributed by atoms with E-state index in [4.69, 9.17) is 0 Å². The Kier molecular flexibility index (Phi) is 6.53. The Morgan fingerprint density at radius 3 is 2.40 bits per heavy atom. The Labute approximate surface area is 119 Å². The molecule has 0 heterocycles. The topological polar surface area (TPSA) is 12.0 Å². The molecule has 0 saturated carbocycles. The van der Waals surface area contributed by atoms with Gasteiger partial charge in [-0.3, -0.25) is 0 Å². The molecule has 0 saturated heterocycles. The third-order valence-electron chi connectivity index (χ3n) is 3.61. The second kappa shape index (κ2) is 7.67. The lowest BCUT2D eigenvalue weighted by Crippen LogP contribution is -2.29. The van der Waals surface area contributed by atoms with Gasteiger partial charge in [0.15, 0.2) is 0 Å². The first-order valence-corrected chi connectivity index (χ1v) is 7.28. The Balaban J connectivity index is 2.64. The molecule has 1 rings (SSSR count). The van der Waals surface area contributed by atoms with Crippen LogP contribution in [0.15, 0.2) is 18.2 Å². The van der Waals surface area contributed by atoms with Crippen molar-refractivity contribution in [1.82, 2.24) is 5.32 Å². The monoisotopic (exact) mass is 287 g/mol. The van der Waals surface area contributed by atoms with Gasteiger partial charge in [0.2, 0.25) is 0 Å². The minimum atomic E-state index is -4.25. The molecule has 1 unspecified atom stereocenters. The number of rotatable bonds is 7. The van der Waals surface area contributed by atoms with Crippen LogP contribution in [0.3, 0.4) is 0 Å². The van der Waals surface area contributed by atoms with Crippen LogP contribution < -0.4 is 5.32 Å². The lowest BCUT2D eigenvalue weighted by atomic mass is 9.98. The molecule has 1 aromatic carbocycles. The Morgan fingerprint density at radius 1 is 1.20 bits per heavy atom. The highest BCUT2D eigenvalue weighted by Crippen LogP contribution is 2.30. The van der Waals surface area contributed by atoms with Crippen LogP contribution in [-0.4, -0.2) is 12.6 Å². The van der Waals surface area contributed by atoms with Gasteiger partial charge in [-0.05, 0) is 62.4 Å². The highest BCUT2D eigenvalue weighted by molar-refractivity contribution is 5.32. The first-order chi connectivity index (χ1) is 9.38. The summed E-state index contributed by atoms with van der Waals surface area (Å²) in [6.07, 6.45) is -0.338. The minimum absolute atomic E-state index is 0.441. The average molecular weight is 287 g/mol. The quantitative estimate of drug-likeness (QED) is 0.765. The van der Waals surface area contributed by atoms with Crippen molar-refractivity contribution >= 4 is 0 Å². The molecular formula is C16H24F3N. The van der Waals surface area contributed by atoms with E-state index >= 15 is 0 Å². The Bertz CT molecular complexity index is 413. The van der Waals surface area contributed by atoms with Crippen LogP contribution >= 0.6 is 0 Å². The summed E-state index contributed by atoms with van der Waals surface area (Å²) in [5.41, 5.74) is 1.18. The number of alkyl halides is 3. The van der Waals surface area contributed by atoms with Gasteiger partial charge in [-0.1, -0.05) is 19.9 Å². The van der Waals surface area contributed by atoms with Crippen LogP contribution in [0.25, 0.3) is 0 Å². The normalized spacial score (nSPS) is 13.5. The lowest BCUT2D eigenvalue weighted by Gasteiger charge is -2.17. The zero-order valence-corrected chi connectivity index (χ0v) is 12.5. The molecule has 1 atom stereocenters. The van der Waals surface area contributed by atoms with Crippen molar-refractivity contribution in [3.63, 3.8) is 0 Å². The largest absolute Gasteiger partial charge is 0.416 e. The second-order valence-electron chi connectivity index (χ2n) is 5.24. The van der Waals surface area contributed by atoms with Gasteiger partial charge in [0.25, 0.3) is 0 Å². The van der Waals surface area contributed by atoms with E-state index in [1.807, 2.05) is 0 Å². The molecule has 1 nitrogen and oxygen atoms in total. The lowest BCUT2D eigenvalue weighted by molar-refractivity contribution is -0.137. The summed E-state index contributed by atoms with van der Waals surface area (Å²) in [5, 5.41) is 3.46. The van der Waals surface area contributed by atoms with Gasteiger partial charge < -0.3 is 5.32 Å². The minimum Gasteiger partial charge on any atom is -0.314 e. The summed E-state index contributed by atoms with van der Waals surface area (Å²) < 4.78 is 37.8. The maximum Gasteiger partial charge on any atom is 0.416 e. The molecule has 0 fully saturated rings. The summed E-state index contributed by atoms with van der Waals surface area (Å²) in [6.45, 7) is 7.00. The van der Waals surface area contributed by atoms with E-state index < -0.39 is 11.7 Å². The van der Waals surface area contributed by atoms with Crippen LogP contribution in [0.5, 0.6) is 0 Å². The zero-order valence-electron chi connectivity index (χ0n) is 12.5. The molecule has 0 aliphatic rings. The van der Waals surface area contributed by atoms with Crippen LogP contribution in [0.2, 0.25) is 0 Å². The standard InChI is InChI=1S/C16H24F3N/c1-4-10-20-15(5-2)9-7-13-6-8-14(11-12(13)3)16(17,18)19/h6,8,11,15,20H,4-5,7,9-10H2,1-3H3. The molecule has 4 heteroatoms. The van der Waals surface area contributed by atoms with Gasteiger partial charge in [0.1, 0.15) is 0 Å². The van der Waals surface area contributed by atoms with E-state index in [0.717, 1.165) is 43.4 Å². The average Bonchev–Trinajstić information content (AvgIpc) is 2.39. The maximum atomic E-state index is 12.6. The molecule has 114 valence electrons. The van der Waals surface area contributed by atoms with Crippen LogP contribution in [-0.2, 0) is 12.6 Å². The van der Waals surface area contributed by atoms with E-state index in [1.165, 1.54) is 12.1 Å². The summed E-state index contributed by atoms with van der Waals surface area (Å²) in [5.74, 6) is 0. The van der Waals surface area contributed by atoms with E-state index in [-0.39, 0.29) is 0 Å². The van der Waals surface area contributed by atoms with Gasteiger partial charge in [-0.25, -0.2) is 0 Å². The third-order valence-corrected chi connectivity index (χ3v) is 3.61. The van der Waals surface area contributed by atoms with E-state index in [0.29, 0.717) is 6.04 Å². The van der Waals surface area contributed by atoms with E-state index in [2.05, 4.69) is 19.2 Å². The molecule has 20 heavy (non-hydrogen) atoms. The summed E-state index contributed by atoms with van der Waals surface area (Å²) in [7, 11) is 0. The molecule has 0 bridgehead atoms. The molecule has 0 aliphatic carbocycles. The van der Waals surface area contributed by atoms with Crippen LogP contribution in [0.4, 0.5) is 13.2 Å². The Hall–Kier alpha value is -1.03. The van der Waals surface area contributed by atoms with Gasteiger partial charge in [-0.15, -0.1) is 0 Å². The molecule has 0 aliphatic heterocycles. The summed E-state index contributed by atoms with van der Waals surface area (Å²) in [4.78, 5) is 0. The van der Waals surface area contributed by atoms with Crippen molar-refractivity contribution < 1.29 is 13.2 Å². The molecule has 1 N–H and O–H groups in total. The van der Waals surface area contributed by atoms with Crippen molar-refractivity contribution in [1.29, 1.82) is 0 Å². The zero-order chi connectivity index (χ0) is 15.2. The van der Waals surface area contributed by atoms with Gasteiger partial charge in [0.05, 0.1) is 5.56 Å². The number of hydrogen-bond donors (Lipinski definition) is 1. The predicted octanol–water partition coefficient (Wildman–Crippen LogP) is 4.72. The van der Waals surface area contributed by atoms with E-state index in [1.54, 1.807) is 13.0 Å². The third kappa shape index (κ3) is 5.16. The van der Waals surface area contributed by atoms with Gasteiger partial charge >= 0.3 is 6.18 Å². The molecule has 0 amide bonds. The fourth-order valence-corrected chi connectivity index (χ4v) is 2.28. The van der Waals surface area contributed by atoms with Crippen LogP contribution in [0, 0.1) is 6.92 Å². The second-order valence-corrected chi connectivity index (χ2v) is 5.24. The first-order valence-electron chi connectivity index (χ1n) is 7.28. The molecule has 1 aromatic rings. The number of hydrogen-bond acceptors (Lipinski definition) is 1. The number of aryl methyl sites for hydroxylation is 2. The molecule has 0 spiro atoms. The fourth-order valence-electron chi connectivity index (χ4n) is 2.28. The molecule has 0 radical (unpaired) electrons. The highest BCUT2D eigenvalue weighted by atomic mass is 19.4. The number of nitrogens with one attached hydrogen (secondary N) is 1. The van der Waals surface area contributed by atoms with E-state index in [9.17, 15) is 13.2 Å². The van der Waals surface area contributed by atoms with Crippen molar-refractivity contribution in [3.05, 3.63) is 34.9 Å². The summed E-state index contributed by atoms with van der Waals surface area (Å²) in [6, 6.07) is 4.49. The summed E-state index contributed by atoms with van der Waals surface area (Å²) >= 11 is 0. The number of benzene rings is 1. The number of halogens is 3. The highest BCUT2D eigenvalue weighted by Gasteiger charge is 2.30. The van der Waals surface area contributed by atoms with Crippen molar-refractivity contribution in [2.45, 2.75) is 58.7 Å². The van der Waals surface area contributed by atoms with Gasteiger partial charge in [0, 0.05) is 6.04 Å². The van der Waals surface area contributed by atoms with Gasteiger partial charge in [-0.2, -0.15) is 13.2 Å².